The molecule has 0 atom stereocenters. The maximum Gasteiger partial charge on any atom is 0.344 e. The van der Waals surface area contributed by atoms with Gasteiger partial charge in [0, 0.05) is 24.7 Å². The maximum atomic E-state index is 13.9. The van der Waals surface area contributed by atoms with Gasteiger partial charge in [-0.2, -0.15) is 0 Å². The first-order chi connectivity index (χ1) is 15.4. The van der Waals surface area contributed by atoms with Gasteiger partial charge in [-0.3, -0.25) is 9.78 Å². The number of ether oxygens (including phenoxy) is 2. The number of ketones is 1. The molecule has 0 unspecified atom stereocenters. The number of hydrogen-bond donors (Lipinski definition) is 1. The average Bonchev–Trinajstić information content (AvgIpc) is 2.78. The zero-order chi connectivity index (χ0) is 23.1. The van der Waals surface area contributed by atoms with Crippen molar-refractivity contribution in [3.05, 3.63) is 83.4 Å². The van der Waals surface area contributed by atoms with Gasteiger partial charge < -0.3 is 15.2 Å². The first-order valence-corrected chi connectivity index (χ1v) is 10.2. The highest BCUT2D eigenvalue weighted by Gasteiger charge is 2.14. The second kappa shape index (κ2) is 10.6. The Morgan fingerprint density at radius 2 is 1.91 bits per heavy atom. The van der Waals surface area contributed by atoms with Crippen LogP contribution in [0, 0.1) is 5.82 Å². The molecule has 0 aliphatic carbocycles. The fourth-order valence-electron chi connectivity index (χ4n) is 3.21. The van der Waals surface area contributed by atoms with Crippen LogP contribution in [-0.4, -0.2) is 29.4 Å². The van der Waals surface area contributed by atoms with E-state index in [9.17, 15) is 14.0 Å². The number of rotatable bonds is 9. The lowest BCUT2D eigenvalue weighted by Gasteiger charge is -2.13. The molecule has 0 amide bonds. The van der Waals surface area contributed by atoms with E-state index in [1.807, 2.05) is 6.07 Å². The van der Waals surface area contributed by atoms with Crippen molar-refractivity contribution < 1.29 is 23.5 Å². The van der Waals surface area contributed by atoms with Gasteiger partial charge in [-0.05, 0) is 60.4 Å². The van der Waals surface area contributed by atoms with E-state index in [1.165, 1.54) is 12.3 Å². The summed E-state index contributed by atoms with van der Waals surface area (Å²) in [4.78, 5) is 28.2. The lowest BCUT2D eigenvalue weighted by atomic mass is 9.94. The van der Waals surface area contributed by atoms with Crippen molar-refractivity contribution in [2.24, 2.45) is 5.73 Å². The summed E-state index contributed by atoms with van der Waals surface area (Å²) in [5.41, 5.74) is 9.03. The Bertz CT molecular complexity index is 1110. The highest BCUT2D eigenvalue weighted by atomic mass is 19.1. The molecule has 3 aromatic rings. The molecule has 6 nitrogen and oxygen atoms in total. The highest BCUT2D eigenvalue weighted by Crippen LogP contribution is 2.29. The Labute approximate surface area is 186 Å². The standard InChI is InChI=1S/C25H25FN2O4/c1-16(2)32-25(30)15-31-21-5-3-4-17(10-21)22-11-19(6-7-20(22)13-27)24(29)12-18-8-9-28-14-23(18)26/h3-11,14,16H,12-13,15,27H2,1-2H3. The van der Waals surface area contributed by atoms with Crippen LogP contribution < -0.4 is 10.5 Å². The quantitative estimate of drug-likeness (QED) is 0.401. The monoisotopic (exact) mass is 436 g/mol. The van der Waals surface area contributed by atoms with Crippen LogP contribution >= 0.6 is 0 Å². The molecule has 0 aliphatic rings. The van der Waals surface area contributed by atoms with Crippen molar-refractivity contribution in [3.63, 3.8) is 0 Å². The Hall–Kier alpha value is -3.58. The van der Waals surface area contributed by atoms with Crippen molar-refractivity contribution in [3.8, 4) is 16.9 Å². The van der Waals surface area contributed by atoms with Crippen molar-refractivity contribution in [1.82, 2.24) is 4.98 Å². The van der Waals surface area contributed by atoms with E-state index < -0.39 is 11.8 Å². The Kier molecular flexibility index (Phi) is 7.68. The van der Waals surface area contributed by atoms with Crippen molar-refractivity contribution in [2.45, 2.75) is 32.9 Å². The van der Waals surface area contributed by atoms with Gasteiger partial charge in [0.25, 0.3) is 0 Å². The molecule has 0 saturated carbocycles. The summed E-state index contributed by atoms with van der Waals surface area (Å²) in [7, 11) is 0. The number of nitrogens with two attached hydrogens (primary N) is 1. The van der Waals surface area contributed by atoms with Crippen LogP contribution in [0.1, 0.15) is 35.3 Å². The molecular weight excluding hydrogens is 411 g/mol. The fraction of sp³-hybridized carbons (Fsp3) is 0.240. The molecule has 0 aliphatic heterocycles. The van der Waals surface area contributed by atoms with Gasteiger partial charge in [0.15, 0.2) is 12.4 Å². The summed E-state index contributed by atoms with van der Waals surface area (Å²) in [5, 5.41) is 0. The molecule has 0 fully saturated rings. The van der Waals surface area contributed by atoms with Gasteiger partial charge in [0.05, 0.1) is 12.3 Å². The van der Waals surface area contributed by atoms with Crippen LogP contribution in [0.25, 0.3) is 11.1 Å². The molecule has 0 spiro atoms. The molecule has 32 heavy (non-hydrogen) atoms. The number of Topliss-reactive ketones (excluding diaryl/α,β-unsaturated/α-hetero) is 1. The number of benzene rings is 2. The number of pyridine rings is 1. The normalized spacial score (nSPS) is 10.8. The lowest BCUT2D eigenvalue weighted by Crippen LogP contribution is -2.18. The Morgan fingerprint density at radius 1 is 1.09 bits per heavy atom. The summed E-state index contributed by atoms with van der Waals surface area (Å²) in [6, 6.07) is 13.9. The molecule has 1 heterocycles. The van der Waals surface area contributed by atoms with Crippen LogP contribution in [0.2, 0.25) is 0 Å². The average molecular weight is 436 g/mol. The maximum absolute atomic E-state index is 13.9. The van der Waals surface area contributed by atoms with Crippen molar-refractivity contribution >= 4 is 11.8 Å². The second-order valence-electron chi connectivity index (χ2n) is 7.50. The van der Waals surface area contributed by atoms with Crippen LogP contribution in [-0.2, 0) is 22.5 Å². The van der Waals surface area contributed by atoms with Gasteiger partial charge in [0.1, 0.15) is 11.6 Å². The highest BCUT2D eigenvalue weighted by molar-refractivity contribution is 5.98. The number of halogens is 1. The van der Waals surface area contributed by atoms with E-state index in [0.717, 1.165) is 22.9 Å². The molecule has 0 bridgehead atoms. The number of carbonyl (C=O) groups excluding carboxylic acids is 2. The fourth-order valence-corrected chi connectivity index (χ4v) is 3.21. The zero-order valence-corrected chi connectivity index (χ0v) is 18.0. The largest absolute Gasteiger partial charge is 0.482 e. The van der Waals surface area contributed by atoms with Gasteiger partial charge in [-0.15, -0.1) is 0 Å². The zero-order valence-electron chi connectivity index (χ0n) is 18.0. The van der Waals surface area contributed by atoms with Crippen LogP contribution in [0.15, 0.2) is 60.9 Å². The minimum absolute atomic E-state index is 0.0725. The lowest BCUT2D eigenvalue weighted by molar-refractivity contribution is -0.149. The summed E-state index contributed by atoms with van der Waals surface area (Å²) >= 11 is 0. The number of aromatic nitrogens is 1. The number of esters is 1. The van der Waals surface area contributed by atoms with E-state index in [0.29, 0.717) is 11.3 Å². The second-order valence-corrected chi connectivity index (χ2v) is 7.50. The van der Waals surface area contributed by atoms with Gasteiger partial charge in [-0.25, -0.2) is 9.18 Å². The molecular formula is C25H25FN2O4. The van der Waals surface area contributed by atoms with E-state index >= 15 is 0 Å². The number of hydrogen-bond acceptors (Lipinski definition) is 6. The predicted molar refractivity (Wildman–Crippen MR) is 119 cm³/mol. The molecule has 166 valence electrons. The van der Waals surface area contributed by atoms with Crippen molar-refractivity contribution in [1.29, 1.82) is 0 Å². The summed E-state index contributed by atoms with van der Waals surface area (Å²) in [5.74, 6) is -0.699. The summed E-state index contributed by atoms with van der Waals surface area (Å²) < 4.78 is 24.5. The molecule has 1 aromatic heterocycles. The van der Waals surface area contributed by atoms with E-state index in [1.54, 1.807) is 50.2 Å². The molecule has 2 aromatic carbocycles. The van der Waals surface area contributed by atoms with Crippen LogP contribution in [0.4, 0.5) is 4.39 Å². The summed E-state index contributed by atoms with van der Waals surface area (Å²) in [6.45, 7) is 3.60. The summed E-state index contributed by atoms with van der Waals surface area (Å²) in [6.07, 6.45) is 2.26. The first-order valence-electron chi connectivity index (χ1n) is 10.2. The van der Waals surface area contributed by atoms with Gasteiger partial charge in [-0.1, -0.05) is 24.3 Å². The molecule has 0 radical (unpaired) electrons. The predicted octanol–water partition coefficient (Wildman–Crippen LogP) is 4.10. The van der Waals surface area contributed by atoms with Gasteiger partial charge in [0.2, 0.25) is 0 Å². The van der Waals surface area contributed by atoms with Crippen molar-refractivity contribution in [2.75, 3.05) is 6.61 Å². The van der Waals surface area contributed by atoms with E-state index in [2.05, 4.69) is 4.98 Å². The molecule has 3 rings (SSSR count). The minimum Gasteiger partial charge on any atom is -0.482 e. The SMILES string of the molecule is CC(C)OC(=O)COc1cccc(-c2cc(C(=O)Cc3ccncc3F)ccc2CN)c1. The van der Waals surface area contributed by atoms with E-state index in [-0.39, 0.29) is 37.0 Å². The van der Waals surface area contributed by atoms with Gasteiger partial charge >= 0.3 is 5.97 Å². The minimum atomic E-state index is -0.513. The topological polar surface area (TPSA) is 91.5 Å². The molecule has 7 heteroatoms. The first kappa shape index (κ1) is 23.1. The third-order valence-corrected chi connectivity index (χ3v) is 4.73. The smallest absolute Gasteiger partial charge is 0.344 e. The van der Waals surface area contributed by atoms with Crippen LogP contribution in [0.5, 0.6) is 5.75 Å². The van der Waals surface area contributed by atoms with E-state index in [4.69, 9.17) is 15.2 Å². The molecule has 2 N–H and O–H groups in total. The Morgan fingerprint density at radius 3 is 2.62 bits per heavy atom. The molecule has 0 saturated heterocycles. The number of nitrogens with zero attached hydrogens (tertiary/aromatic N) is 1. The number of carbonyl (C=O) groups is 2. The third-order valence-electron chi connectivity index (χ3n) is 4.73. The third kappa shape index (κ3) is 5.98. The van der Waals surface area contributed by atoms with Crippen LogP contribution in [0.3, 0.4) is 0 Å². The Balaban J connectivity index is 1.83.